The van der Waals surface area contributed by atoms with E-state index in [4.69, 9.17) is 10.5 Å². The number of sulfonamides is 1. The summed E-state index contributed by atoms with van der Waals surface area (Å²) in [6.07, 6.45) is 0.964. The fourth-order valence-corrected chi connectivity index (χ4v) is 3.34. The van der Waals surface area contributed by atoms with Crippen LogP contribution in [0.5, 0.6) is 5.75 Å². The van der Waals surface area contributed by atoms with E-state index >= 15 is 0 Å². The van der Waals surface area contributed by atoms with Crippen molar-refractivity contribution in [3.8, 4) is 5.75 Å². The Kier molecular flexibility index (Phi) is 6.98. The van der Waals surface area contributed by atoms with E-state index < -0.39 is 10.0 Å². The van der Waals surface area contributed by atoms with E-state index in [2.05, 4.69) is 13.8 Å². The highest BCUT2D eigenvalue weighted by atomic mass is 32.2. The van der Waals surface area contributed by atoms with Crippen LogP contribution < -0.4 is 10.5 Å². The molecule has 0 radical (unpaired) electrons. The van der Waals surface area contributed by atoms with Crippen molar-refractivity contribution in [2.24, 2.45) is 5.92 Å². The lowest BCUT2D eigenvalue weighted by Crippen LogP contribution is -2.37. The van der Waals surface area contributed by atoms with E-state index in [0.717, 1.165) is 6.42 Å². The molecule has 0 amide bonds. The number of nitrogens with two attached hydrogens (primary N) is 1. The van der Waals surface area contributed by atoms with Crippen molar-refractivity contribution in [2.45, 2.75) is 27.2 Å². The highest BCUT2D eigenvalue weighted by Crippen LogP contribution is 2.15. The van der Waals surface area contributed by atoms with Crippen molar-refractivity contribution in [1.82, 2.24) is 4.31 Å². The molecule has 1 aromatic rings. The van der Waals surface area contributed by atoms with Gasteiger partial charge in [0.1, 0.15) is 12.4 Å². The molecule has 0 fully saturated rings. The van der Waals surface area contributed by atoms with Gasteiger partial charge in [0, 0.05) is 24.8 Å². The van der Waals surface area contributed by atoms with Crippen molar-refractivity contribution in [3.63, 3.8) is 0 Å². The fourth-order valence-electron chi connectivity index (χ4n) is 1.91. The van der Waals surface area contributed by atoms with Crippen LogP contribution in [-0.4, -0.2) is 38.2 Å². The van der Waals surface area contributed by atoms with E-state index in [9.17, 15) is 8.42 Å². The van der Waals surface area contributed by atoms with Gasteiger partial charge in [-0.3, -0.25) is 0 Å². The Hall–Kier alpha value is -1.27. The van der Waals surface area contributed by atoms with E-state index in [-0.39, 0.29) is 12.4 Å². The topological polar surface area (TPSA) is 72.6 Å². The molecular weight excluding hydrogens is 288 g/mol. The molecule has 0 bridgehead atoms. The molecule has 2 N–H and O–H groups in total. The molecule has 0 spiro atoms. The van der Waals surface area contributed by atoms with Crippen LogP contribution in [0.1, 0.15) is 27.2 Å². The van der Waals surface area contributed by atoms with E-state index in [1.807, 2.05) is 6.92 Å². The molecular formula is C15H26N2O3S. The van der Waals surface area contributed by atoms with Crippen molar-refractivity contribution in [1.29, 1.82) is 0 Å². The van der Waals surface area contributed by atoms with Gasteiger partial charge in [-0.2, -0.15) is 0 Å². The molecule has 120 valence electrons. The number of benzene rings is 1. The first-order valence-corrected chi connectivity index (χ1v) is 8.96. The molecule has 0 aromatic heterocycles. The maximum atomic E-state index is 12.3. The summed E-state index contributed by atoms with van der Waals surface area (Å²) >= 11 is 0. The minimum Gasteiger partial charge on any atom is -0.492 e. The minimum absolute atomic E-state index is 0.0218. The number of nitrogen functional groups attached to an aromatic ring is 1. The minimum atomic E-state index is -3.28. The molecule has 0 aliphatic rings. The number of hydrogen-bond donors (Lipinski definition) is 1. The van der Waals surface area contributed by atoms with Gasteiger partial charge in [-0.15, -0.1) is 0 Å². The summed E-state index contributed by atoms with van der Waals surface area (Å²) in [4.78, 5) is 0. The Bertz CT molecular complexity index is 531. The zero-order valence-electron chi connectivity index (χ0n) is 13.1. The molecule has 0 saturated heterocycles. The lowest BCUT2D eigenvalue weighted by atomic mass is 10.1. The molecule has 1 aromatic carbocycles. The predicted octanol–water partition coefficient (Wildman–Crippen LogP) is 2.35. The van der Waals surface area contributed by atoms with Gasteiger partial charge >= 0.3 is 0 Å². The van der Waals surface area contributed by atoms with Crippen LogP contribution in [0.4, 0.5) is 5.69 Å². The number of ether oxygens (including phenoxy) is 1. The van der Waals surface area contributed by atoms with Crippen molar-refractivity contribution in [2.75, 3.05) is 31.2 Å². The summed E-state index contributed by atoms with van der Waals surface area (Å²) in [5.74, 6) is 0.927. The predicted molar refractivity (Wildman–Crippen MR) is 86.8 cm³/mol. The van der Waals surface area contributed by atoms with Crippen LogP contribution >= 0.6 is 0 Å². The van der Waals surface area contributed by atoms with Gasteiger partial charge in [-0.25, -0.2) is 12.7 Å². The zero-order valence-corrected chi connectivity index (χ0v) is 13.9. The Balaban J connectivity index is 2.55. The molecule has 1 rings (SSSR count). The summed E-state index contributed by atoms with van der Waals surface area (Å²) < 4.78 is 31.6. The summed E-state index contributed by atoms with van der Waals surface area (Å²) in [5.41, 5.74) is 6.25. The summed E-state index contributed by atoms with van der Waals surface area (Å²) in [7, 11) is -3.28. The van der Waals surface area contributed by atoms with Crippen LogP contribution in [-0.2, 0) is 10.0 Å². The van der Waals surface area contributed by atoms with Gasteiger partial charge in [0.25, 0.3) is 0 Å². The van der Waals surface area contributed by atoms with Crippen molar-refractivity contribution in [3.05, 3.63) is 24.3 Å². The average molecular weight is 314 g/mol. The molecule has 5 nitrogen and oxygen atoms in total. The highest BCUT2D eigenvalue weighted by molar-refractivity contribution is 7.89. The number of rotatable bonds is 9. The smallest absolute Gasteiger partial charge is 0.217 e. The Morgan fingerprint density at radius 1 is 1.33 bits per heavy atom. The average Bonchev–Trinajstić information content (AvgIpc) is 2.44. The third-order valence-corrected chi connectivity index (χ3v) is 5.30. The lowest BCUT2D eigenvalue weighted by Gasteiger charge is -2.23. The third kappa shape index (κ3) is 5.93. The van der Waals surface area contributed by atoms with Crippen LogP contribution in [0.15, 0.2) is 24.3 Å². The van der Waals surface area contributed by atoms with Crippen molar-refractivity contribution >= 4 is 15.7 Å². The Morgan fingerprint density at radius 3 is 2.62 bits per heavy atom. The van der Waals surface area contributed by atoms with Gasteiger partial charge in [0.2, 0.25) is 10.0 Å². The summed E-state index contributed by atoms with van der Waals surface area (Å²) in [5, 5.41) is 0. The van der Waals surface area contributed by atoms with Gasteiger partial charge in [-0.05, 0) is 18.1 Å². The second kappa shape index (κ2) is 8.24. The monoisotopic (exact) mass is 314 g/mol. The quantitative estimate of drug-likeness (QED) is 0.710. The van der Waals surface area contributed by atoms with E-state index in [1.165, 1.54) is 4.31 Å². The first kappa shape index (κ1) is 17.8. The largest absolute Gasteiger partial charge is 0.492 e. The maximum absolute atomic E-state index is 12.3. The van der Waals surface area contributed by atoms with Gasteiger partial charge < -0.3 is 10.5 Å². The van der Waals surface area contributed by atoms with Crippen LogP contribution in [0, 0.1) is 5.92 Å². The highest BCUT2D eigenvalue weighted by Gasteiger charge is 2.21. The van der Waals surface area contributed by atoms with Crippen LogP contribution in [0.3, 0.4) is 0 Å². The summed E-state index contributed by atoms with van der Waals surface area (Å²) in [6.45, 7) is 7.16. The maximum Gasteiger partial charge on any atom is 0.217 e. The standard InChI is InChI=1S/C15H26N2O3S/c1-4-13(3)12-17(5-2)21(18,19)10-9-20-15-8-6-7-14(16)11-15/h6-8,11,13H,4-5,9-10,12,16H2,1-3H3. The SMILES string of the molecule is CCC(C)CN(CC)S(=O)(=O)CCOc1cccc(N)c1. The molecule has 6 heteroatoms. The van der Waals surface area contributed by atoms with Crippen LogP contribution in [0.25, 0.3) is 0 Å². The second-order valence-electron chi connectivity index (χ2n) is 5.20. The lowest BCUT2D eigenvalue weighted by molar-refractivity contribution is 0.327. The number of hydrogen-bond acceptors (Lipinski definition) is 4. The van der Waals surface area contributed by atoms with E-state index in [0.29, 0.717) is 30.4 Å². The summed E-state index contributed by atoms with van der Waals surface area (Å²) in [6, 6.07) is 6.98. The molecule has 1 atom stereocenters. The van der Waals surface area contributed by atoms with Gasteiger partial charge in [-0.1, -0.05) is 33.3 Å². The molecule has 0 aliphatic heterocycles. The zero-order chi connectivity index (χ0) is 15.9. The molecule has 21 heavy (non-hydrogen) atoms. The molecule has 0 saturated carbocycles. The first-order chi connectivity index (χ1) is 9.89. The first-order valence-electron chi connectivity index (χ1n) is 7.35. The molecule has 0 aliphatic carbocycles. The molecule has 1 unspecified atom stereocenters. The van der Waals surface area contributed by atoms with Gasteiger partial charge in [0.05, 0.1) is 5.75 Å². The third-order valence-electron chi connectivity index (χ3n) is 3.43. The molecule has 0 heterocycles. The Labute approximate surface area is 128 Å². The number of anilines is 1. The Morgan fingerprint density at radius 2 is 2.05 bits per heavy atom. The van der Waals surface area contributed by atoms with Crippen molar-refractivity contribution < 1.29 is 13.2 Å². The fraction of sp³-hybridized carbons (Fsp3) is 0.600. The number of nitrogens with zero attached hydrogens (tertiary/aromatic N) is 1. The van der Waals surface area contributed by atoms with Gasteiger partial charge in [0.15, 0.2) is 0 Å². The van der Waals surface area contributed by atoms with E-state index in [1.54, 1.807) is 24.3 Å². The normalized spacial score (nSPS) is 13.3. The van der Waals surface area contributed by atoms with Crippen LogP contribution in [0.2, 0.25) is 0 Å². The second-order valence-corrected chi connectivity index (χ2v) is 7.29.